The smallest absolute Gasteiger partial charge is 0.239 e. The molecule has 0 saturated carbocycles. The van der Waals surface area contributed by atoms with Crippen LogP contribution in [0.3, 0.4) is 0 Å². The molecule has 0 spiro atoms. The summed E-state index contributed by atoms with van der Waals surface area (Å²) in [5.41, 5.74) is 3.47. The Labute approximate surface area is 155 Å². The van der Waals surface area contributed by atoms with Crippen LogP contribution in [0.15, 0.2) is 54.6 Å². The number of aryl methyl sites for hydroxylation is 1. The number of carbonyl (C=O) groups is 2. The molecule has 0 aliphatic heterocycles. The fraction of sp³-hybridized carbons (Fsp3) is 0.364. The van der Waals surface area contributed by atoms with E-state index in [9.17, 15) is 9.59 Å². The Kier molecular flexibility index (Phi) is 6.05. The molecule has 4 nitrogen and oxygen atoms in total. The summed E-state index contributed by atoms with van der Waals surface area (Å²) in [4.78, 5) is 24.4. The first-order chi connectivity index (χ1) is 12.6. The van der Waals surface area contributed by atoms with E-state index in [-0.39, 0.29) is 30.8 Å². The number of fused-ring (bicyclic) bond motifs is 1. The molecule has 2 atom stereocenters. The van der Waals surface area contributed by atoms with Gasteiger partial charge in [0.15, 0.2) is 0 Å². The lowest BCUT2D eigenvalue weighted by molar-refractivity contribution is -0.126. The maximum Gasteiger partial charge on any atom is 0.239 e. The highest BCUT2D eigenvalue weighted by Crippen LogP contribution is 2.32. The van der Waals surface area contributed by atoms with E-state index in [1.54, 1.807) is 0 Å². The highest BCUT2D eigenvalue weighted by molar-refractivity contribution is 5.85. The maximum atomic E-state index is 12.4. The van der Waals surface area contributed by atoms with Crippen molar-refractivity contribution >= 4 is 11.8 Å². The van der Waals surface area contributed by atoms with Crippen LogP contribution in [0.25, 0.3) is 0 Å². The summed E-state index contributed by atoms with van der Waals surface area (Å²) in [6.45, 7) is 2.19. The highest BCUT2D eigenvalue weighted by Gasteiger charge is 2.26. The number of carbonyl (C=O) groups excluding carboxylic acids is 2. The van der Waals surface area contributed by atoms with Gasteiger partial charge in [0.05, 0.1) is 19.0 Å². The van der Waals surface area contributed by atoms with Gasteiger partial charge >= 0.3 is 0 Å². The molecule has 136 valence electrons. The lowest BCUT2D eigenvalue weighted by Crippen LogP contribution is -2.40. The molecule has 26 heavy (non-hydrogen) atoms. The van der Waals surface area contributed by atoms with Crippen molar-refractivity contribution in [2.24, 2.45) is 5.92 Å². The van der Waals surface area contributed by atoms with Crippen LogP contribution in [0.2, 0.25) is 0 Å². The first-order valence-electron chi connectivity index (χ1n) is 9.31. The summed E-state index contributed by atoms with van der Waals surface area (Å²) >= 11 is 0. The van der Waals surface area contributed by atoms with E-state index in [1.807, 2.05) is 36.4 Å². The number of nitrogens with one attached hydrogen (secondary N) is 2. The Balaban J connectivity index is 1.56. The van der Waals surface area contributed by atoms with Gasteiger partial charge in [-0.25, -0.2) is 0 Å². The van der Waals surface area contributed by atoms with Crippen LogP contribution < -0.4 is 10.6 Å². The minimum atomic E-state index is -0.139. The molecule has 0 fully saturated rings. The Morgan fingerprint density at radius 3 is 2.54 bits per heavy atom. The van der Waals surface area contributed by atoms with Crippen LogP contribution in [0.5, 0.6) is 0 Å². The van der Waals surface area contributed by atoms with Crippen molar-refractivity contribution in [3.05, 3.63) is 71.3 Å². The predicted molar refractivity (Wildman–Crippen MR) is 103 cm³/mol. The van der Waals surface area contributed by atoms with Gasteiger partial charge in [0.1, 0.15) is 0 Å². The highest BCUT2D eigenvalue weighted by atomic mass is 16.2. The molecule has 0 bridgehead atoms. The summed E-state index contributed by atoms with van der Waals surface area (Å²) in [5.74, 6) is 0.100. The molecule has 0 heterocycles. The zero-order chi connectivity index (χ0) is 18.4. The first kappa shape index (κ1) is 18.2. The summed E-state index contributed by atoms with van der Waals surface area (Å²) in [7, 11) is 0. The van der Waals surface area contributed by atoms with E-state index < -0.39 is 0 Å². The van der Waals surface area contributed by atoms with Crippen LogP contribution in [0, 0.1) is 5.92 Å². The third-order valence-corrected chi connectivity index (χ3v) is 5.03. The second-order valence-electron chi connectivity index (χ2n) is 7.05. The standard InChI is InChI=1S/C22H26N2O2/c1-16-8-7-12-18-11-5-6-13-19(18)22(16)24-21(26)15-23-20(25)14-17-9-3-2-4-10-17/h2-6,9-11,13,16,22H,7-8,12,14-15H2,1H3,(H,23,25)(H,24,26). The molecule has 2 amide bonds. The van der Waals surface area contributed by atoms with E-state index in [2.05, 4.69) is 35.8 Å². The Morgan fingerprint density at radius 2 is 1.73 bits per heavy atom. The van der Waals surface area contributed by atoms with Crippen LogP contribution in [0.1, 0.15) is 42.5 Å². The molecule has 0 aromatic heterocycles. The topological polar surface area (TPSA) is 58.2 Å². The van der Waals surface area contributed by atoms with Crippen molar-refractivity contribution in [1.29, 1.82) is 0 Å². The first-order valence-corrected chi connectivity index (χ1v) is 9.31. The van der Waals surface area contributed by atoms with E-state index >= 15 is 0 Å². The van der Waals surface area contributed by atoms with Gasteiger partial charge in [0.25, 0.3) is 0 Å². The number of benzene rings is 2. The number of rotatable bonds is 5. The predicted octanol–water partition coefficient (Wildman–Crippen LogP) is 3.18. The molecule has 4 heteroatoms. The van der Waals surface area contributed by atoms with Gasteiger partial charge in [-0.15, -0.1) is 0 Å². The summed E-state index contributed by atoms with van der Waals surface area (Å²) in [6.07, 6.45) is 3.57. The van der Waals surface area contributed by atoms with E-state index in [0.717, 1.165) is 24.8 Å². The molecule has 0 saturated heterocycles. The molecule has 2 unspecified atom stereocenters. The molecular weight excluding hydrogens is 324 g/mol. The van der Waals surface area contributed by atoms with Crippen molar-refractivity contribution in [3.63, 3.8) is 0 Å². The van der Waals surface area contributed by atoms with Gasteiger partial charge in [-0.2, -0.15) is 0 Å². The normalized spacial score (nSPS) is 19.1. The maximum absolute atomic E-state index is 12.4. The largest absolute Gasteiger partial charge is 0.347 e. The Morgan fingerprint density at radius 1 is 1.00 bits per heavy atom. The molecule has 0 radical (unpaired) electrons. The van der Waals surface area contributed by atoms with Crippen LogP contribution in [-0.4, -0.2) is 18.4 Å². The van der Waals surface area contributed by atoms with Gasteiger partial charge in [-0.3, -0.25) is 9.59 Å². The lowest BCUT2D eigenvalue weighted by Gasteiger charge is -2.25. The van der Waals surface area contributed by atoms with Gasteiger partial charge < -0.3 is 10.6 Å². The van der Waals surface area contributed by atoms with E-state index in [0.29, 0.717) is 5.92 Å². The molecule has 2 aromatic carbocycles. The SMILES string of the molecule is CC1CCCc2ccccc2C1NC(=O)CNC(=O)Cc1ccccc1. The van der Waals surface area contributed by atoms with Crippen LogP contribution >= 0.6 is 0 Å². The van der Waals surface area contributed by atoms with Gasteiger partial charge in [-0.1, -0.05) is 61.5 Å². The van der Waals surface area contributed by atoms with E-state index in [4.69, 9.17) is 0 Å². The third kappa shape index (κ3) is 4.72. The Bertz CT molecular complexity index is 758. The van der Waals surface area contributed by atoms with Crippen molar-refractivity contribution in [2.75, 3.05) is 6.54 Å². The molecule has 1 aliphatic rings. The summed E-state index contributed by atoms with van der Waals surface area (Å²) in [6, 6.07) is 17.9. The van der Waals surface area contributed by atoms with E-state index in [1.165, 1.54) is 11.1 Å². The fourth-order valence-corrected chi connectivity index (χ4v) is 3.62. The number of hydrogen-bond donors (Lipinski definition) is 2. The third-order valence-electron chi connectivity index (χ3n) is 5.03. The zero-order valence-corrected chi connectivity index (χ0v) is 15.2. The summed E-state index contributed by atoms with van der Waals surface area (Å²) in [5, 5.41) is 5.85. The van der Waals surface area contributed by atoms with Crippen molar-refractivity contribution in [1.82, 2.24) is 10.6 Å². The van der Waals surface area contributed by atoms with Gasteiger partial charge in [0.2, 0.25) is 11.8 Å². The number of hydrogen-bond acceptors (Lipinski definition) is 2. The average Bonchev–Trinajstić information content (AvgIpc) is 2.80. The Hall–Kier alpha value is -2.62. The average molecular weight is 350 g/mol. The molecule has 2 N–H and O–H groups in total. The van der Waals surface area contributed by atoms with Gasteiger partial charge in [-0.05, 0) is 41.9 Å². The quantitative estimate of drug-likeness (QED) is 0.814. The fourth-order valence-electron chi connectivity index (χ4n) is 3.62. The lowest BCUT2D eigenvalue weighted by atomic mass is 9.92. The minimum absolute atomic E-state index is 0.00669. The van der Waals surface area contributed by atoms with Crippen molar-refractivity contribution in [2.45, 2.75) is 38.6 Å². The van der Waals surface area contributed by atoms with Crippen LogP contribution in [-0.2, 0) is 22.4 Å². The van der Waals surface area contributed by atoms with Gasteiger partial charge in [0, 0.05) is 0 Å². The number of amides is 2. The minimum Gasteiger partial charge on any atom is -0.347 e. The molecule has 1 aliphatic carbocycles. The van der Waals surface area contributed by atoms with Crippen molar-refractivity contribution in [3.8, 4) is 0 Å². The second kappa shape index (κ2) is 8.65. The molecule has 3 rings (SSSR count). The monoisotopic (exact) mass is 350 g/mol. The van der Waals surface area contributed by atoms with Crippen LogP contribution in [0.4, 0.5) is 0 Å². The van der Waals surface area contributed by atoms with Crippen molar-refractivity contribution < 1.29 is 9.59 Å². The zero-order valence-electron chi connectivity index (χ0n) is 15.2. The summed E-state index contributed by atoms with van der Waals surface area (Å²) < 4.78 is 0. The molecule has 2 aromatic rings. The molecular formula is C22H26N2O2. The second-order valence-corrected chi connectivity index (χ2v) is 7.05.